The Hall–Kier alpha value is -2.61. The summed E-state index contributed by atoms with van der Waals surface area (Å²) in [4.78, 5) is 4.24. The first-order valence-electron chi connectivity index (χ1n) is 6.19. The van der Waals surface area contributed by atoms with E-state index in [1.54, 1.807) is 0 Å². The van der Waals surface area contributed by atoms with Crippen molar-refractivity contribution in [3.63, 3.8) is 0 Å². The number of hydrogen-bond donors (Lipinski definition) is 2. The van der Waals surface area contributed by atoms with Gasteiger partial charge in [0, 0.05) is 18.0 Å². The largest absolute Gasteiger partial charge is 0.505 e. The minimum atomic E-state index is -3.33. The van der Waals surface area contributed by atoms with Gasteiger partial charge >= 0.3 is 0 Å². The third-order valence-corrected chi connectivity index (χ3v) is 4.10. The molecule has 1 aromatic heterocycles. The summed E-state index contributed by atoms with van der Waals surface area (Å²) in [6, 6.07) is 8.15. The van der Waals surface area contributed by atoms with Crippen molar-refractivity contribution in [3.8, 4) is 5.75 Å². The molecule has 114 valence electrons. The first kappa shape index (κ1) is 14.3. The summed E-state index contributed by atoms with van der Waals surface area (Å²) in [6.45, 7) is 0. The van der Waals surface area contributed by atoms with Crippen LogP contribution >= 0.6 is 0 Å². The number of rotatable bonds is 3. The highest BCUT2D eigenvalue weighted by Gasteiger charge is 2.12. The van der Waals surface area contributed by atoms with Gasteiger partial charge in [-0.25, -0.2) is 12.8 Å². The predicted molar refractivity (Wildman–Crippen MR) is 78.5 cm³/mol. The molecule has 2 aromatic carbocycles. The van der Waals surface area contributed by atoms with Gasteiger partial charge in [0.2, 0.25) is 0 Å². The topological polar surface area (TPSA) is 92.4 Å². The average molecular weight is 322 g/mol. The van der Waals surface area contributed by atoms with Gasteiger partial charge < -0.3 is 14.8 Å². The van der Waals surface area contributed by atoms with E-state index in [9.17, 15) is 12.8 Å². The van der Waals surface area contributed by atoms with E-state index >= 15 is 0 Å². The molecule has 0 aliphatic rings. The lowest BCUT2D eigenvalue weighted by Gasteiger charge is -2.02. The molecule has 0 radical (unpaired) electrons. The summed E-state index contributed by atoms with van der Waals surface area (Å²) < 4.78 is 41.7. The van der Waals surface area contributed by atoms with Gasteiger partial charge in [0.15, 0.2) is 27.0 Å². The van der Waals surface area contributed by atoms with Crippen LogP contribution in [0.2, 0.25) is 0 Å². The summed E-state index contributed by atoms with van der Waals surface area (Å²) in [5, 5.41) is 11.9. The lowest BCUT2D eigenvalue weighted by atomic mass is 10.3. The van der Waals surface area contributed by atoms with Crippen LogP contribution in [0, 0.1) is 5.82 Å². The van der Waals surface area contributed by atoms with Gasteiger partial charge in [-0.2, -0.15) is 4.98 Å². The molecule has 3 rings (SSSR count). The standard InChI is InChI=1S/C14H11FN2O4S/c1-22(19,20)9-3-5-13-11(7-9)17-14(21-13)16-8-2-4-12(18)10(15)6-8/h2-7,18H,1H3,(H,16,17). The van der Waals surface area contributed by atoms with E-state index in [1.807, 2.05) is 0 Å². The van der Waals surface area contributed by atoms with E-state index in [0.29, 0.717) is 16.8 Å². The number of fused-ring (bicyclic) bond motifs is 1. The number of anilines is 2. The third kappa shape index (κ3) is 2.73. The predicted octanol–water partition coefficient (Wildman–Crippen LogP) is 2.82. The van der Waals surface area contributed by atoms with Gasteiger partial charge in [-0.15, -0.1) is 0 Å². The highest BCUT2D eigenvalue weighted by molar-refractivity contribution is 7.90. The Bertz CT molecular complexity index is 966. The van der Waals surface area contributed by atoms with Gasteiger partial charge in [0.1, 0.15) is 5.52 Å². The highest BCUT2D eigenvalue weighted by Crippen LogP contribution is 2.26. The molecule has 22 heavy (non-hydrogen) atoms. The quantitative estimate of drug-likeness (QED) is 0.720. The van der Waals surface area contributed by atoms with Crippen molar-refractivity contribution in [2.75, 3.05) is 11.6 Å². The van der Waals surface area contributed by atoms with E-state index < -0.39 is 21.4 Å². The first-order valence-corrected chi connectivity index (χ1v) is 8.08. The molecule has 0 saturated heterocycles. The fourth-order valence-electron chi connectivity index (χ4n) is 1.90. The van der Waals surface area contributed by atoms with Crippen LogP contribution in [0.1, 0.15) is 0 Å². The van der Waals surface area contributed by atoms with E-state index in [0.717, 1.165) is 12.3 Å². The average Bonchev–Trinajstić information content (AvgIpc) is 2.83. The van der Waals surface area contributed by atoms with Crippen molar-refractivity contribution in [2.24, 2.45) is 0 Å². The number of phenols is 1. The maximum absolute atomic E-state index is 13.3. The summed E-state index contributed by atoms with van der Waals surface area (Å²) in [5.74, 6) is -1.23. The Morgan fingerprint density at radius 3 is 2.68 bits per heavy atom. The number of aromatic nitrogens is 1. The molecule has 0 spiro atoms. The third-order valence-electron chi connectivity index (χ3n) is 2.99. The molecule has 0 amide bonds. The van der Waals surface area contributed by atoms with Crippen molar-refractivity contribution in [1.82, 2.24) is 4.98 Å². The van der Waals surface area contributed by atoms with E-state index in [1.165, 1.54) is 30.3 Å². The molecule has 0 unspecified atom stereocenters. The molecule has 0 bridgehead atoms. The molecule has 0 saturated carbocycles. The zero-order valence-corrected chi connectivity index (χ0v) is 12.2. The van der Waals surface area contributed by atoms with Crippen molar-refractivity contribution in [1.29, 1.82) is 0 Å². The molecule has 2 N–H and O–H groups in total. The van der Waals surface area contributed by atoms with Crippen LogP contribution in [0.4, 0.5) is 16.1 Å². The zero-order valence-electron chi connectivity index (χ0n) is 11.4. The number of phenolic OH excluding ortho intramolecular Hbond substituents is 1. The van der Waals surface area contributed by atoms with Crippen molar-refractivity contribution in [2.45, 2.75) is 4.90 Å². The summed E-state index contributed by atoms with van der Waals surface area (Å²) >= 11 is 0. The molecule has 8 heteroatoms. The second kappa shape index (κ2) is 4.99. The van der Waals surface area contributed by atoms with E-state index in [-0.39, 0.29) is 10.9 Å². The summed E-state index contributed by atoms with van der Waals surface area (Å²) in [6.07, 6.45) is 1.10. The van der Waals surface area contributed by atoms with Crippen molar-refractivity contribution >= 4 is 32.6 Å². The van der Waals surface area contributed by atoms with Gasteiger partial charge in [-0.1, -0.05) is 0 Å². The molecule has 3 aromatic rings. The number of nitrogens with zero attached hydrogens (tertiary/aromatic N) is 1. The highest BCUT2D eigenvalue weighted by atomic mass is 32.2. The Kier molecular flexibility index (Phi) is 3.25. The number of aromatic hydroxyl groups is 1. The van der Waals surface area contributed by atoms with Crippen LogP contribution in [-0.2, 0) is 9.84 Å². The lowest BCUT2D eigenvalue weighted by molar-refractivity contribution is 0.432. The summed E-state index contributed by atoms with van der Waals surface area (Å²) in [5.41, 5.74) is 1.10. The molecular formula is C14H11FN2O4S. The van der Waals surface area contributed by atoms with Gasteiger partial charge in [-0.05, 0) is 30.3 Å². The Balaban J connectivity index is 1.96. The number of benzene rings is 2. The number of sulfone groups is 1. The maximum Gasteiger partial charge on any atom is 0.300 e. The lowest BCUT2D eigenvalue weighted by Crippen LogP contribution is -1.96. The number of oxazole rings is 1. The summed E-state index contributed by atoms with van der Waals surface area (Å²) in [7, 11) is -3.33. The van der Waals surface area contributed by atoms with Gasteiger partial charge in [-0.3, -0.25) is 0 Å². The number of hydrogen-bond acceptors (Lipinski definition) is 6. The normalized spacial score (nSPS) is 11.7. The Morgan fingerprint density at radius 1 is 1.23 bits per heavy atom. The molecule has 0 fully saturated rings. The fourth-order valence-corrected chi connectivity index (χ4v) is 2.54. The van der Waals surface area contributed by atoms with Crippen LogP contribution in [0.25, 0.3) is 11.1 Å². The molecular weight excluding hydrogens is 311 g/mol. The van der Waals surface area contributed by atoms with Crippen LogP contribution in [-0.4, -0.2) is 24.8 Å². The Labute approximate surface area is 125 Å². The minimum absolute atomic E-state index is 0.0886. The zero-order chi connectivity index (χ0) is 15.9. The second-order valence-corrected chi connectivity index (χ2v) is 6.73. The van der Waals surface area contributed by atoms with E-state index in [2.05, 4.69) is 10.3 Å². The SMILES string of the molecule is CS(=O)(=O)c1ccc2oc(Nc3ccc(O)c(F)c3)nc2c1. The second-order valence-electron chi connectivity index (χ2n) is 4.71. The van der Waals surface area contributed by atoms with Crippen LogP contribution in [0.5, 0.6) is 5.75 Å². The first-order chi connectivity index (χ1) is 10.3. The fraction of sp³-hybridized carbons (Fsp3) is 0.0714. The molecule has 1 heterocycles. The maximum atomic E-state index is 13.3. The minimum Gasteiger partial charge on any atom is -0.505 e. The van der Waals surface area contributed by atoms with Gasteiger partial charge in [0.05, 0.1) is 4.90 Å². The number of halogens is 1. The Morgan fingerprint density at radius 2 is 2.00 bits per heavy atom. The van der Waals surface area contributed by atoms with E-state index in [4.69, 9.17) is 9.52 Å². The monoisotopic (exact) mass is 322 g/mol. The van der Waals surface area contributed by atoms with Crippen LogP contribution < -0.4 is 5.32 Å². The molecule has 6 nitrogen and oxygen atoms in total. The number of nitrogens with one attached hydrogen (secondary N) is 1. The van der Waals surface area contributed by atoms with Crippen LogP contribution in [0.3, 0.4) is 0 Å². The van der Waals surface area contributed by atoms with Crippen LogP contribution in [0.15, 0.2) is 45.7 Å². The van der Waals surface area contributed by atoms with Gasteiger partial charge in [0.25, 0.3) is 6.01 Å². The molecule has 0 aliphatic heterocycles. The van der Waals surface area contributed by atoms with Crippen molar-refractivity contribution < 1.29 is 22.3 Å². The molecule has 0 atom stereocenters. The van der Waals surface area contributed by atoms with Crippen molar-refractivity contribution in [3.05, 3.63) is 42.2 Å². The smallest absolute Gasteiger partial charge is 0.300 e. The molecule has 0 aliphatic carbocycles.